The Hall–Kier alpha value is -0.920. The lowest BCUT2D eigenvalue weighted by atomic mass is 10.4. The molecule has 62 valence electrons. The van der Waals surface area contributed by atoms with Crippen LogP contribution in [-0.2, 0) is 7.05 Å². The van der Waals surface area contributed by atoms with Crippen molar-refractivity contribution < 1.29 is 5.11 Å². The van der Waals surface area contributed by atoms with Crippen LogP contribution in [0.1, 0.15) is 0 Å². The molecule has 0 unspecified atom stereocenters. The number of aryl methyl sites for hydroxylation is 1. The highest BCUT2D eigenvalue weighted by molar-refractivity contribution is 14.1. The van der Waals surface area contributed by atoms with Gasteiger partial charge in [0, 0.05) is 7.05 Å². The van der Waals surface area contributed by atoms with E-state index in [0.29, 0.717) is 14.7 Å². The van der Waals surface area contributed by atoms with E-state index in [0.717, 1.165) is 0 Å². The number of rotatable bonds is 0. The average molecular weight is 276 g/mol. The molecule has 2 aromatic rings. The van der Waals surface area contributed by atoms with Crippen molar-refractivity contribution >= 4 is 33.6 Å². The van der Waals surface area contributed by atoms with E-state index in [1.165, 1.54) is 0 Å². The minimum Gasteiger partial charge on any atom is -0.504 e. The van der Waals surface area contributed by atoms with Gasteiger partial charge in [-0.25, -0.2) is 4.68 Å². The van der Waals surface area contributed by atoms with Crippen LogP contribution in [0.15, 0.2) is 6.20 Å². The summed E-state index contributed by atoms with van der Waals surface area (Å²) in [6.45, 7) is 0. The van der Waals surface area contributed by atoms with Crippen molar-refractivity contribution in [3.05, 3.63) is 9.90 Å². The second-order valence-electron chi connectivity index (χ2n) is 2.34. The van der Waals surface area contributed by atoms with Gasteiger partial charge in [0.1, 0.15) is 0 Å². The van der Waals surface area contributed by atoms with Crippen molar-refractivity contribution in [2.45, 2.75) is 0 Å². The zero-order chi connectivity index (χ0) is 8.72. The highest BCUT2D eigenvalue weighted by Crippen LogP contribution is 2.25. The smallest absolute Gasteiger partial charge is 0.183 e. The fraction of sp³-hybridized carbons (Fsp3) is 0.167. The van der Waals surface area contributed by atoms with Gasteiger partial charge >= 0.3 is 0 Å². The molecule has 0 saturated heterocycles. The number of halogens is 1. The summed E-state index contributed by atoms with van der Waals surface area (Å²) in [4.78, 5) is 0. The highest BCUT2D eigenvalue weighted by Gasteiger charge is 2.09. The number of nitrogens with zero attached hydrogens (tertiary/aromatic N) is 4. The van der Waals surface area contributed by atoms with Crippen molar-refractivity contribution in [2.75, 3.05) is 0 Å². The van der Waals surface area contributed by atoms with Crippen molar-refractivity contribution in [3.63, 3.8) is 0 Å². The highest BCUT2D eigenvalue weighted by atomic mass is 127. The van der Waals surface area contributed by atoms with Gasteiger partial charge < -0.3 is 5.11 Å². The maximum atomic E-state index is 9.51. The van der Waals surface area contributed by atoms with Gasteiger partial charge in [0.15, 0.2) is 15.1 Å². The minimum absolute atomic E-state index is 0.147. The molecule has 0 aromatic carbocycles. The molecule has 0 radical (unpaired) electrons. The van der Waals surface area contributed by atoms with E-state index in [9.17, 15) is 5.11 Å². The third-order valence-corrected chi connectivity index (χ3v) is 2.32. The second kappa shape index (κ2) is 2.54. The Labute approximate surface area is 81.5 Å². The quantitative estimate of drug-likeness (QED) is 0.718. The molecule has 2 rings (SSSR count). The molecule has 0 saturated carbocycles. The first-order valence-electron chi connectivity index (χ1n) is 3.23. The summed E-state index contributed by atoms with van der Waals surface area (Å²) < 4.78 is 2.06. The van der Waals surface area contributed by atoms with Gasteiger partial charge in [0.25, 0.3) is 0 Å². The molecule has 2 heterocycles. The minimum atomic E-state index is 0.147. The van der Waals surface area contributed by atoms with E-state index in [-0.39, 0.29) is 5.75 Å². The van der Waals surface area contributed by atoms with Gasteiger partial charge in [-0.15, -0.1) is 10.2 Å². The molecular formula is C6H5IN4O. The van der Waals surface area contributed by atoms with E-state index in [4.69, 9.17) is 0 Å². The Bertz CT molecular complexity index is 438. The van der Waals surface area contributed by atoms with E-state index in [1.54, 1.807) is 17.9 Å². The molecule has 6 heteroatoms. The molecule has 0 aliphatic carbocycles. The first-order valence-corrected chi connectivity index (χ1v) is 4.31. The molecule has 0 bridgehead atoms. The molecule has 0 fully saturated rings. The Morgan fingerprint density at radius 1 is 1.50 bits per heavy atom. The summed E-state index contributed by atoms with van der Waals surface area (Å²) in [7, 11) is 1.75. The molecule has 5 nitrogen and oxygen atoms in total. The molecule has 0 aliphatic heterocycles. The Morgan fingerprint density at radius 3 is 3.00 bits per heavy atom. The molecule has 0 amide bonds. The lowest BCUT2D eigenvalue weighted by Crippen LogP contribution is -1.94. The maximum absolute atomic E-state index is 9.51. The normalized spacial score (nSPS) is 10.8. The van der Waals surface area contributed by atoms with E-state index in [2.05, 4.69) is 15.3 Å². The largest absolute Gasteiger partial charge is 0.504 e. The van der Waals surface area contributed by atoms with Crippen LogP contribution in [0.3, 0.4) is 0 Å². The number of aromatic nitrogens is 4. The molecular weight excluding hydrogens is 271 g/mol. The first-order chi connectivity index (χ1) is 5.70. The zero-order valence-corrected chi connectivity index (χ0v) is 8.35. The summed E-state index contributed by atoms with van der Waals surface area (Å²) >= 11 is 1.92. The van der Waals surface area contributed by atoms with Crippen LogP contribution in [0.2, 0.25) is 0 Å². The standard InChI is InChI=1S/C6H5IN4O/c1-11-6-3(2-8-11)4(12)5(7)9-10-6/h2H,1H3,(H,10,12). The van der Waals surface area contributed by atoms with Crippen molar-refractivity contribution in [1.29, 1.82) is 0 Å². The van der Waals surface area contributed by atoms with Crippen LogP contribution in [-0.4, -0.2) is 25.1 Å². The predicted octanol–water partition coefficient (Wildman–Crippen LogP) is 0.673. The fourth-order valence-corrected chi connectivity index (χ4v) is 1.36. The Morgan fingerprint density at radius 2 is 2.25 bits per heavy atom. The Kier molecular flexibility index (Phi) is 1.63. The third-order valence-electron chi connectivity index (χ3n) is 1.59. The number of fused-ring (bicyclic) bond motifs is 1. The van der Waals surface area contributed by atoms with Crippen molar-refractivity contribution in [3.8, 4) is 5.75 Å². The van der Waals surface area contributed by atoms with Gasteiger partial charge in [-0.05, 0) is 22.6 Å². The number of hydrogen-bond acceptors (Lipinski definition) is 4. The average Bonchev–Trinajstić information content (AvgIpc) is 2.41. The predicted molar refractivity (Wildman–Crippen MR) is 50.7 cm³/mol. The van der Waals surface area contributed by atoms with Crippen LogP contribution in [0.5, 0.6) is 5.75 Å². The van der Waals surface area contributed by atoms with Crippen molar-refractivity contribution in [2.24, 2.45) is 7.05 Å². The van der Waals surface area contributed by atoms with Crippen LogP contribution in [0.25, 0.3) is 11.0 Å². The fourth-order valence-electron chi connectivity index (χ4n) is 0.966. The topological polar surface area (TPSA) is 63.8 Å². The first kappa shape index (κ1) is 7.71. The summed E-state index contributed by atoms with van der Waals surface area (Å²) in [6.07, 6.45) is 1.57. The van der Waals surface area contributed by atoms with Gasteiger partial charge in [0.2, 0.25) is 0 Å². The SMILES string of the molecule is Cn1ncc2c(O)c(I)nnc21. The lowest BCUT2D eigenvalue weighted by Gasteiger charge is -1.95. The second-order valence-corrected chi connectivity index (χ2v) is 3.37. The molecule has 12 heavy (non-hydrogen) atoms. The van der Waals surface area contributed by atoms with Gasteiger partial charge in [0.05, 0.1) is 11.6 Å². The number of hydrogen-bond donors (Lipinski definition) is 1. The van der Waals surface area contributed by atoms with Crippen LogP contribution in [0, 0.1) is 3.70 Å². The zero-order valence-electron chi connectivity index (χ0n) is 6.19. The third kappa shape index (κ3) is 0.942. The van der Waals surface area contributed by atoms with Crippen molar-refractivity contribution in [1.82, 2.24) is 20.0 Å². The summed E-state index contributed by atoms with van der Waals surface area (Å²) in [5, 5.41) is 21.7. The summed E-state index contributed by atoms with van der Waals surface area (Å²) in [5.41, 5.74) is 0.591. The summed E-state index contributed by atoms with van der Waals surface area (Å²) in [6, 6.07) is 0. The van der Waals surface area contributed by atoms with Crippen LogP contribution < -0.4 is 0 Å². The Balaban J connectivity index is 2.93. The van der Waals surface area contributed by atoms with E-state index >= 15 is 0 Å². The molecule has 1 N–H and O–H groups in total. The van der Waals surface area contributed by atoms with Crippen LogP contribution >= 0.6 is 22.6 Å². The molecule has 0 spiro atoms. The van der Waals surface area contributed by atoms with Gasteiger partial charge in [-0.2, -0.15) is 5.10 Å². The number of aromatic hydroxyl groups is 1. The lowest BCUT2D eigenvalue weighted by molar-refractivity contribution is 0.473. The van der Waals surface area contributed by atoms with E-state index < -0.39 is 0 Å². The maximum Gasteiger partial charge on any atom is 0.183 e. The molecule has 2 aromatic heterocycles. The van der Waals surface area contributed by atoms with Gasteiger partial charge in [-0.3, -0.25) is 0 Å². The molecule has 0 aliphatic rings. The van der Waals surface area contributed by atoms with Crippen LogP contribution in [0.4, 0.5) is 0 Å². The van der Waals surface area contributed by atoms with E-state index in [1.807, 2.05) is 22.6 Å². The monoisotopic (exact) mass is 276 g/mol. The van der Waals surface area contributed by atoms with Gasteiger partial charge in [-0.1, -0.05) is 0 Å². The summed E-state index contributed by atoms with van der Waals surface area (Å²) in [5.74, 6) is 0.147. The molecule has 0 atom stereocenters.